The fourth-order valence-electron chi connectivity index (χ4n) is 5.23. The Morgan fingerprint density at radius 1 is 0.667 bits per heavy atom. The molecule has 9 nitrogen and oxygen atoms in total. The van der Waals surface area contributed by atoms with Crippen LogP contribution in [0.2, 0.25) is 0 Å². The zero-order valence-corrected chi connectivity index (χ0v) is 28.0. The molecule has 48 heavy (non-hydrogen) atoms. The number of benzene rings is 4. The van der Waals surface area contributed by atoms with Crippen LogP contribution in [0.3, 0.4) is 0 Å². The molecule has 0 aliphatic heterocycles. The second-order valence-corrected chi connectivity index (χ2v) is 13.4. The lowest BCUT2D eigenvalue weighted by molar-refractivity contribution is -0.138. The van der Waals surface area contributed by atoms with E-state index in [-0.39, 0.29) is 12.2 Å². The van der Waals surface area contributed by atoms with Crippen LogP contribution in [0.5, 0.6) is 0 Å². The standard InChI is InChI=1S/C38H41N3O6S/c1-37(2,3)47-36(46)41-32(35(45)40-31(34(44)39-25-33(42)43)24-27-16-8-4-9-17-27)26-48-38(28-18-10-5-11-19-28,29-20-12-6-13-21-29)30-22-14-7-15-23-30/h4-23,31-32H,24-26H2,1-3H3,(H,39,44)(H,40,45)(H,41,46)(H,42,43)/t31-,32+/m1/s1. The van der Waals surface area contributed by atoms with Gasteiger partial charge in [0.05, 0.1) is 4.75 Å². The number of hydrogen-bond acceptors (Lipinski definition) is 6. The lowest BCUT2D eigenvalue weighted by Crippen LogP contribution is -2.56. The molecule has 0 aromatic heterocycles. The first-order valence-corrected chi connectivity index (χ1v) is 16.6. The molecule has 0 saturated heterocycles. The third kappa shape index (κ3) is 9.95. The summed E-state index contributed by atoms with van der Waals surface area (Å²) >= 11 is 1.47. The van der Waals surface area contributed by atoms with E-state index >= 15 is 0 Å². The average molecular weight is 668 g/mol. The van der Waals surface area contributed by atoms with Gasteiger partial charge in [-0.2, -0.15) is 0 Å². The topological polar surface area (TPSA) is 134 Å². The van der Waals surface area contributed by atoms with Crippen LogP contribution in [0, 0.1) is 0 Å². The molecule has 250 valence electrons. The Morgan fingerprint density at radius 2 is 1.12 bits per heavy atom. The number of nitrogens with one attached hydrogen (secondary N) is 3. The number of carboxylic acid groups (broad SMARTS) is 1. The van der Waals surface area contributed by atoms with Crippen LogP contribution < -0.4 is 16.0 Å². The van der Waals surface area contributed by atoms with Crippen molar-refractivity contribution in [2.24, 2.45) is 0 Å². The van der Waals surface area contributed by atoms with Gasteiger partial charge in [0, 0.05) is 12.2 Å². The summed E-state index contributed by atoms with van der Waals surface area (Å²) in [6.45, 7) is 4.57. The van der Waals surface area contributed by atoms with Crippen molar-refractivity contribution >= 4 is 35.6 Å². The van der Waals surface area contributed by atoms with Gasteiger partial charge in [0.15, 0.2) is 0 Å². The summed E-state index contributed by atoms with van der Waals surface area (Å²) in [4.78, 5) is 51.7. The van der Waals surface area contributed by atoms with E-state index in [1.165, 1.54) is 11.8 Å². The highest BCUT2D eigenvalue weighted by molar-refractivity contribution is 8.00. The summed E-state index contributed by atoms with van der Waals surface area (Å²) in [5.74, 6) is -2.42. The van der Waals surface area contributed by atoms with Crippen LogP contribution in [0.15, 0.2) is 121 Å². The van der Waals surface area contributed by atoms with E-state index in [1.54, 1.807) is 20.8 Å². The van der Waals surface area contributed by atoms with Crippen molar-refractivity contribution in [1.82, 2.24) is 16.0 Å². The zero-order chi connectivity index (χ0) is 34.6. The quantitative estimate of drug-likeness (QED) is 0.130. The normalized spacial score (nSPS) is 12.6. The maximum atomic E-state index is 14.1. The molecule has 0 radical (unpaired) electrons. The predicted octanol–water partition coefficient (Wildman–Crippen LogP) is 5.53. The molecule has 0 saturated carbocycles. The van der Waals surface area contributed by atoms with Crippen molar-refractivity contribution in [2.75, 3.05) is 12.3 Å². The van der Waals surface area contributed by atoms with Gasteiger partial charge < -0.3 is 25.8 Å². The number of carboxylic acids is 1. The van der Waals surface area contributed by atoms with Gasteiger partial charge in [0.1, 0.15) is 24.2 Å². The maximum absolute atomic E-state index is 14.1. The van der Waals surface area contributed by atoms with Crippen molar-refractivity contribution in [3.8, 4) is 0 Å². The van der Waals surface area contributed by atoms with Gasteiger partial charge in [-0.3, -0.25) is 14.4 Å². The lowest BCUT2D eigenvalue weighted by Gasteiger charge is -2.36. The number of rotatable bonds is 14. The smallest absolute Gasteiger partial charge is 0.408 e. The number of carbonyl (C=O) groups excluding carboxylic acids is 3. The summed E-state index contributed by atoms with van der Waals surface area (Å²) in [7, 11) is 0. The van der Waals surface area contributed by atoms with Crippen LogP contribution in [0.1, 0.15) is 43.0 Å². The Kier molecular flexibility index (Phi) is 12.4. The molecule has 4 N–H and O–H groups in total. The molecule has 0 aliphatic carbocycles. The molecule has 0 aliphatic rings. The monoisotopic (exact) mass is 667 g/mol. The summed E-state index contributed by atoms with van der Waals surface area (Å²) < 4.78 is 4.74. The minimum Gasteiger partial charge on any atom is -0.480 e. The molecule has 3 amide bonds. The summed E-state index contributed by atoms with van der Waals surface area (Å²) in [5.41, 5.74) is 2.85. The van der Waals surface area contributed by atoms with Crippen LogP contribution in [0.4, 0.5) is 4.79 Å². The van der Waals surface area contributed by atoms with Crippen molar-refractivity contribution in [2.45, 2.75) is 49.6 Å². The van der Waals surface area contributed by atoms with Gasteiger partial charge in [0.25, 0.3) is 0 Å². The summed E-state index contributed by atoms with van der Waals surface area (Å²) in [6.07, 6.45) is -0.685. The first-order chi connectivity index (χ1) is 23.0. The molecular weight excluding hydrogens is 627 g/mol. The van der Waals surface area contributed by atoms with Gasteiger partial charge in [0.2, 0.25) is 11.8 Å². The van der Waals surface area contributed by atoms with Crippen LogP contribution in [-0.2, 0) is 30.3 Å². The average Bonchev–Trinajstić information content (AvgIpc) is 3.07. The number of amides is 3. The fourth-order valence-corrected chi connectivity index (χ4v) is 6.79. The van der Waals surface area contributed by atoms with E-state index in [0.29, 0.717) is 0 Å². The fraction of sp³-hybridized carbons (Fsp3) is 0.263. The predicted molar refractivity (Wildman–Crippen MR) is 188 cm³/mol. The minimum absolute atomic E-state index is 0.0819. The van der Waals surface area contributed by atoms with Crippen LogP contribution >= 0.6 is 11.8 Å². The highest BCUT2D eigenvalue weighted by Gasteiger charge is 2.39. The van der Waals surface area contributed by atoms with E-state index in [0.717, 1.165) is 22.3 Å². The van der Waals surface area contributed by atoms with Gasteiger partial charge in [-0.1, -0.05) is 121 Å². The van der Waals surface area contributed by atoms with Crippen LogP contribution in [-0.4, -0.2) is 59.0 Å². The van der Waals surface area contributed by atoms with E-state index in [2.05, 4.69) is 16.0 Å². The second kappa shape index (κ2) is 16.6. The molecule has 0 spiro atoms. The van der Waals surface area contributed by atoms with E-state index in [1.807, 2.05) is 121 Å². The van der Waals surface area contributed by atoms with Crippen molar-refractivity contribution in [3.05, 3.63) is 144 Å². The van der Waals surface area contributed by atoms with E-state index in [9.17, 15) is 19.2 Å². The number of alkyl carbamates (subject to hydrolysis) is 1. The first-order valence-electron chi connectivity index (χ1n) is 15.6. The molecule has 0 bridgehead atoms. The minimum atomic E-state index is -1.21. The maximum Gasteiger partial charge on any atom is 0.408 e. The van der Waals surface area contributed by atoms with Crippen molar-refractivity contribution < 1.29 is 29.0 Å². The Bertz CT molecular complexity index is 1550. The third-order valence-corrected chi connectivity index (χ3v) is 8.98. The number of carbonyl (C=O) groups is 4. The third-order valence-electron chi connectivity index (χ3n) is 7.34. The molecule has 0 heterocycles. The number of thioether (sulfide) groups is 1. The van der Waals surface area contributed by atoms with Gasteiger partial charge in [-0.05, 0) is 43.0 Å². The Hall–Kier alpha value is -5.09. The molecule has 4 aromatic rings. The Balaban J connectivity index is 1.72. The Labute approximate surface area is 285 Å². The van der Waals surface area contributed by atoms with Gasteiger partial charge in [-0.15, -0.1) is 11.8 Å². The summed E-state index contributed by atoms with van der Waals surface area (Å²) in [6, 6.07) is 36.6. The summed E-state index contributed by atoms with van der Waals surface area (Å²) in [5, 5.41) is 17.1. The molecule has 4 rings (SSSR count). The highest BCUT2D eigenvalue weighted by Crippen LogP contribution is 2.48. The van der Waals surface area contributed by atoms with E-state index < -0.39 is 52.9 Å². The molecule has 0 unspecified atom stereocenters. The number of ether oxygens (including phenoxy) is 1. The van der Waals surface area contributed by atoms with Crippen LogP contribution in [0.25, 0.3) is 0 Å². The molecule has 2 atom stereocenters. The van der Waals surface area contributed by atoms with E-state index in [4.69, 9.17) is 9.84 Å². The molecule has 10 heteroatoms. The molecular formula is C38H41N3O6S. The molecule has 4 aromatic carbocycles. The zero-order valence-electron chi connectivity index (χ0n) is 27.2. The Morgan fingerprint density at radius 3 is 1.56 bits per heavy atom. The van der Waals surface area contributed by atoms with Gasteiger partial charge >= 0.3 is 12.1 Å². The largest absolute Gasteiger partial charge is 0.480 e. The van der Waals surface area contributed by atoms with Crippen molar-refractivity contribution in [1.29, 1.82) is 0 Å². The first kappa shape index (κ1) is 35.8. The second-order valence-electron chi connectivity index (χ2n) is 12.2. The molecule has 0 fully saturated rings. The number of hydrogen-bond donors (Lipinski definition) is 4. The number of aliphatic carboxylic acids is 1. The highest BCUT2D eigenvalue weighted by atomic mass is 32.2. The van der Waals surface area contributed by atoms with Gasteiger partial charge in [-0.25, -0.2) is 4.79 Å². The lowest BCUT2D eigenvalue weighted by atomic mass is 9.84. The SMILES string of the molecule is CC(C)(C)OC(=O)N[C@@H](CSC(c1ccccc1)(c1ccccc1)c1ccccc1)C(=O)N[C@H](Cc1ccccc1)C(=O)NCC(=O)O. The van der Waals surface area contributed by atoms with Crippen molar-refractivity contribution in [3.63, 3.8) is 0 Å².